The fraction of sp³-hybridized carbons (Fsp3) is 0.348. The molecular formula is C23H25FN6O4S. The van der Waals surface area contributed by atoms with Gasteiger partial charge >= 0.3 is 5.69 Å². The molecule has 4 rings (SSSR count). The van der Waals surface area contributed by atoms with E-state index in [-0.39, 0.29) is 13.0 Å². The Bertz CT molecular complexity index is 1530. The molecule has 0 unspecified atom stereocenters. The molecule has 4 aromatic rings. The lowest BCUT2D eigenvalue weighted by atomic mass is 10.0. The van der Waals surface area contributed by atoms with E-state index in [1.54, 1.807) is 6.92 Å². The summed E-state index contributed by atoms with van der Waals surface area (Å²) in [7, 11) is 2.93. The van der Waals surface area contributed by atoms with Crippen LogP contribution in [0.1, 0.15) is 25.0 Å². The van der Waals surface area contributed by atoms with E-state index < -0.39 is 28.5 Å². The third-order valence-electron chi connectivity index (χ3n) is 5.98. The average Bonchev–Trinajstić information content (AvgIpc) is 3.46. The lowest BCUT2D eigenvalue weighted by molar-refractivity contribution is -0.128. The van der Waals surface area contributed by atoms with Crippen LogP contribution >= 0.6 is 11.3 Å². The lowest BCUT2D eigenvalue weighted by Crippen LogP contribution is -2.55. The number of carbonyl (C=O) groups is 1. The third-order valence-corrected chi connectivity index (χ3v) is 7.26. The summed E-state index contributed by atoms with van der Waals surface area (Å²) in [5.41, 5.74) is -1.53. The largest absolute Gasteiger partial charge is 0.496 e. The van der Waals surface area contributed by atoms with Gasteiger partial charge in [-0.15, -0.1) is 4.80 Å². The molecule has 0 fully saturated rings. The molecule has 0 saturated heterocycles. The van der Waals surface area contributed by atoms with Crippen LogP contribution in [-0.4, -0.2) is 44.2 Å². The van der Waals surface area contributed by atoms with Crippen molar-refractivity contribution in [3.05, 3.63) is 68.4 Å². The minimum atomic E-state index is -1.46. The number of hydrogen-bond acceptors (Lipinski definition) is 7. The number of rotatable bonds is 7. The average molecular weight is 501 g/mol. The van der Waals surface area contributed by atoms with E-state index in [0.717, 1.165) is 4.57 Å². The number of fused-ring (bicyclic) bond motifs is 1. The minimum absolute atomic E-state index is 0.116. The molecule has 0 radical (unpaired) electrons. The number of ether oxygens (including phenoxy) is 1. The van der Waals surface area contributed by atoms with Gasteiger partial charge in [0.1, 0.15) is 26.9 Å². The van der Waals surface area contributed by atoms with Gasteiger partial charge in [-0.25, -0.2) is 13.8 Å². The van der Waals surface area contributed by atoms with E-state index in [1.807, 2.05) is 0 Å². The van der Waals surface area contributed by atoms with Crippen molar-refractivity contribution in [1.29, 1.82) is 0 Å². The van der Waals surface area contributed by atoms with Crippen molar-refractivity contribution in [3.63, 3.8) is 0 Å². The Labute approximate surface area is 203 Å². The number of amides is 1. The van der Waals surface area contributed by atoms with Crippen LogP contribution in [-0.2, 0) is 23.3 Å². The van der Waals surface area contributed by atoms with E-state index in [4.69, 9.17) is 4.74 Å². The first-order chi connectivity index (χ1) is 16.6. The second-order valence-electron chi connectivity index (χ2n) is 8.45. The van der Waals surface area contributed by atoms with Gasteiger partial charge < -0.3 is 10.1 Å². The number of thiophene rings is 1. The van der Waals surface area contributed by atoms with Gasteiger partial charge in [-0.1, -0.05) is 11.3 Å². The van der Waals surface area contributed by atoms with Gasteiger partial charge in [0.25, 0.3) is 5.56 Å². The summed E-state index contributed by atoms with van der Waals surface area (Å²) in [5.74, 6) is -0.433. The minimum Gasteiger partial charge on any atom is -0.496 e. The molecule has 3 aromatic heterocycles. The number of hydrogen-bond donors (Lipinski definition) is 1. The molecule has 10 nitrogen and oxygen atoms in total. The Morgan fingerprint density at radius 2 is 1.91 bits per heavy atom. The van der Waals surface area contributed by atoms with Crippen LogP contribution in [0.15, 0.2) is 40.2 Å². The van der Waals surface area contributed by atoms with Crippen molar-refractivity contribution in [3.8, 4) is 10.8 Å². The zero-order chi connectivity index (χ0) is 25.5. The highest BCUT2D eigenvalue weighted by Gasteiger charge is 2.35. The van der Waals surface area contributed by atoms with Crippen LogP contribution in [0.25, 0.3) is 15.2 Å². The zero-order valence-electron chi connectivity index (χ0n) is 20.0. The standard InChI is InChI=1S/C23H25FN6O4S/c1-13-17-18(31)29(23(2,3)21(32)25-4)22(33)28(20(17)35-19(13)30-26-9-10-27-30)11-8-14-12-15(24)6-7-16(14)34-5/h6-7,9-10,12H,8,11H2,1-5H3,(H,25,32). The van der Waals surface area contributed by atoms with Gasteiger partial charge in [0.15, 0.2) is 0 Å². The van der Waals surface area contributed by atoms with Crippen LogP contribution in [0.4, 0.5) is 4.39 Å². The number of likely N-dealkylation sites (N-methyl/N-ethyl adjacent to an activating group) is 1. The molecule has 3 heterocycles. The van der Waals surface area contributed by atoms with Gasteiger partial charge in [0, 0.05) is 19.2 Å². The zero-order valence-corrected chi connectivity index (χ0v) is 20.8. The summed E-state index contributed by atoms with van der Waals surface area (Å²) in [6.07, 6.45) is 3.28. The molecule has 12 heteroatoms. The number of methoxy groups -OCH3 is 1. The summed E-state index contributed by atoms with van der Waals surface area (Å²) >= 11 is 1.20. The molecule has 0 saturated carbocycles. The van der Waals surface area contributed by atoms with E-state index >= 15 is 0 Å². The Kier molecular flexibility index (Phi) is 6.32. The van der Waals surface area contributed by atoms with Crippen molar-refractivity contribution < 1.29 is 13.9 Å². The van der Waals surface area contributed by atoms with E-state index in [2.05, 4.69) is 15.5 Å². The van der Waals surface area contributed by atoms with E-state index in [0.29, 0.717) is 32.1 Å². The molecule has 0 atom stereocenters. The maximum Gasteiger partial charge on any atom is 0.333 e. The molecule has 184 valence electrons. The normalized spacial score (nSPS) is 11.7. The quantitative estimate of drug-likeness (QED) is 0.415. The number of nitrogens with zero attached hydrogens (tertiary/aromatic N) is 5. The molecule has 35 heavy (non-hydrogen) atoms. The monoisotopic (exact) mass is 500 g/mol. The van der Waals surface area contributed by atoms with Crippen LogP contribution in [0.3, 0.4) is 0 Å². The molecule has 1 aromatic carbocycles. The van der Waals surface area contributed by atoms with Crippen molar-refractivity contribution in [1.82, 2.24) is 29.4 Å². The van der Waals surface area contributed by atoms with Crippen molar-refractivity contribution in [2.45, 2.75) is 39.3 Å². The van der Waals surface area contributed by atoms with Gasteiger partial charge in [-0.05, 0) is 51.0 Å². The number of halogens is 1. The lowest BCUT2D eigenvalue weighted by Gasteiger charge is -2.26. The Balaban J connectivity index is 1.99. The maximum absolute atomic E-state index is 13.9. The molecule has 1 amide bonds. The fourth-order valence-electron chi connectivity index (χ4n) is 4.12. The van der Waals surface area contributed by atoms with E-state index in [1.165, 1.54) is 79.3 Å². The number of aryl methyl sites for hydroxylation is 3. The second kappa shape index (κ2) is 9.10. The molecule has 0 bridgehead atoms. The molecule has 0 aliphatic rings. The summed E-state index contributed by atoms with van der Waals surface area (Å²) in [5, 5.41) is 11.7. The van der Waals surface area contributed by atoms with Crippen molar-refractivity contribution in [2.24, 2.45) is 0 Å². The highest BCUT2D eigenvalue weighted by molar-refractivity contribution is 7.21. The third kappa shape index (κ3) is 4.03. The topological polar surface area (TPSA) is 113 Å². The maximum atomic E-state index is 13.9. The SMILES string of the molecule is CNC(=O)C(C)(C)n1c(=O)c2c(C)c(-n3nccn3)sc2n(CCc2cc(F)ccc2OC)c1=O. The Hall–Kier alpha value is -3.80. The molecule has 1 N–H and O–H groups in total. The Morgan fingerprint density at radius 3 is 2.54 bits per heavy atom. The highest BCUT2D eigenvalue weighted by atomic mass is 32.1. The highest BCUT2D eigenvalue weighted by Crippen LogP contribution is 2.31. The van der Waals surface area contributed by atoms with Crippen molar-refractivity contribution >= 4 is 27.5 Å². The van der Waals surface area contributed by atoms with Gasteiger partial charge in [0.2, 0.25) is 5.91 Å². The fourth-order valence-corrected chi connectivity index (χ4v) is 5.35. The summed E-state index contributed by atoms with van der Waals surface area (Å²) in [4.78, 5) is 41.8. The van der Waals surface area contributed by atoms with E-state index in [9.17, 15) is 18.8 Å². The summed E-state index contributed by atoms with van der Waals surface area (Å²) in [6.45, 7) is 4.89. The van der Waals surface area contributed by atoms with Gasteiger partial charge in [-0.3, -0.25) is 14.2 Å². The second-order valence-corrected chi connectivity index (χ2v) is 9.43. The molecule has 0 aliphatic heterocycles. The smallest absolute Gasteiger partial charge is 0.333 e. The van der Waals surface area contributed by atoms with Gasteiger partial charge in [-0.2, -0.15) is 10.2 Å². The molecule has 0 spiro atoms. The van der Waals surface area contributed by atoms with Crippen molar-refractivity contribution in [2.75, 3.05) is 14.2 Å². The van der Waals surface area contributed by atoms with Crippen LogP contribution in [0.5, 0.6) is 5.75 Å². The van der Waals surface area contributed by atoms with Gasteiger partial charge in [0.05, 0.1) is 24.9 Å². The predicted octanol–water partition coefficient (Wildman–Crippen LogP) is 1.99. The number of benzene rings is 1. The summed E-state index contributed by atoms with van der Waals surface area (Å²) in [6, 6.07) is 4.17. The van der Waals surface area contributed by atoms with Crippen LogP contribution in [0, 0.1) is 12.7 Å². The summed E-state index contributed by atoms with van der Waals surface area (Å²) < 4.78 is 21.7. The molecular weight excluding hydrogens is 475 g/mol. The molecule has 0 aliphatic carbocycles. The number of aromatic nitrogens is 5. The van der Waals surface area contributed by atoms with Crippen LogP contribution in [0.2, 0.25) is 0 Å². The first kappa shape index (κ1) is 24.3. The number of nitrogens with one attached hydrogen (secondary N) is 1. The van der Waals surface area contributed by atoms with Crippen LogP contribution < -0.4 is 21.3 Å². The predicted molar refractivity (Wildman–Crippen MR) is 130 cm³/mol. The first-order valence-electron chi connectivity index (χ1n) is 10.8. The number of carbonyl (C=O) groups excluding carboxylic acids is 1. The first-order valence-corrected chi connectivity index (χ1v) is 11.6. The Morgan fingerprint density at radius 1 is 1.23 bits per heavy atom.